The van der Waals surface area contributed by atoms with Gasteiger partial charge >= 0.3 is 0 Å². The van der Waals surface area contributed by atoms with E-state index in [0.717, 1.165) is 26.1 Å². The van der Waals surface area contributed by atoms with E-state index in [1.807, 2.05) is 6.07 Å². The van der Waals surface area contributed by atoms with E-state index < -0.39 is 5.82 Å². The second-order valence-electron chi connectivity index (χ2n) is 5.41. The number of ether oxygens (including phenoxy) is 1. The van der Waals surface area contributed by atoms with Crippen molar-refractivity contribution in [3.05, 3.63) is 35.1 Å². The highest BCUT2D eigenvalue weighted by atomic mass is 19.1. The topological polar surface area (TPSA) is 48.3 Å². The number of nitriles is 1. The number of rotatable bonds is 7. The van der Waals surface area contributed by atoms with E-state index in [1.54, 1.807) is 19.2 Å². The van der Waals surface area contributed by atoms with Gasteiger partial charge in [0.2, 0.25) is 0 Å². The lowest BCUT2D eigenvalue weighted by Gasteiger charge is -2.25. The Morgan fingerprint density at radius 2 is 2.38 bits per heavy atom. The maximum Gasteiger partial charge on any atom is 0.145 e. The molecule has 0 bridgehead atoms. The zero-order valence-corrected chi connectivity index (χ0v) is 12.4. The number of benzene rings is 1. The van der Waals surface area contributed by atoms with Crippen LogP contribution in [0.4, 0.5) is 4.39 Å². The van der Waals surface area contributed by atoms with Crippen LogP contribution in [-0.2, 0) is 11.3 Å². The first-order valence-corrected chi connectivity index (χ1v) is 7.36. The zero-order chi connectivity index (χ0) is 15.1. The number of hydrogen-bond donors (Lipinski definition) is 1. The van der Waals surface area contributed by atoms with Gasteiger partial charge in [-0.25, -0.2) is 4.39 Å². The number of nitrogens with zero attached hydrogens (tertiary/aromatic N) is 2. The third-order valence-corrected chi connectivity index (χ3v) is 3.85. The van der Waals surface area contributed by atoms with Crippen molar-refractivity contribution in [1.82, 2.24) is 10.2 Å². The van der Waals surface area contributed by atoms with Crippen molar-refractivity contribution in [3.8, 4) is 6.07 Å². The van der Waals surface area contributed by atoms with Gasteiger partial charge in [-0.3, -0.25) is 4.90 Å². The standard InChI is InChI=1S/C16H22FN3O/c1-21-9-8-20(12-15-6-3-7-19-15)11-14-5-2-4-13(10-18)16(14)17/h2,4-5,15,19H,3,6-9,11-12H2,1H3. The van der Waals surface area contributed by atoms with Gasteiger partial charge in [0.15, 0.2) is 0 Å². The summed E-state index contributed by atoms with van der Waals surface area (Å²) in [6, 6.07) is 7.35. The highest BCUT2D eigenvalue weighted by Gasteiger charge is 2.19. The Hall–Kier alpha value is -1.48. The first-order valence-electron chi connectivity index (χ1n) is 7.36. The molecule has 1 aromatic carbocycles. The fourth-order valence-corrected chi connectivity index (χ4v) is 2.71. The molecule has 1 saturated heterocycles. The molecule has 1 aromatic rings. The molecule has 21 heavy (non-hydrogen) atoms. The van der Waals surface area contributed by atoms with Crippen LogP contribution in [0.15, 0.2) is 18.2 Å². The van der Waals surface area contributed by atoms with Gasteiger partial charge in [-0.2, -0.15) is 5.26 Å². The second-order valence-corrected chi connectivity index (χ2v) is 5.41. The van der Waals surface area contributed by atoms with Crippen LogP contribution in [0, 0.1) is 17.1 Å². The Morgan fingerprint density at radius 1 is 1.52 bits per heavy atom. The lowest BCUT2D eigenvalue weighted by atomic mass is 10.1. The summed E-state index contributed by atoms with van der Waals surface area (Å²) in [4.78, 5) is 2.19. The molecule has 1 atom stereocenters. The average Bonchev–Trinajstić information content (AvgIpc) is 3.00. The lowest BCUT2D eigenvalue weighted by molar-refractivity contribution is 0.137. The van der Waals surface area contributed by atoms with E-state index >= 15 is 0 Å². The fraction of sp³-hybridized carbons (Fsp3) is 0.562. The van der Waals surface area contributed by atoms with E-state index in [4.69, 9.17) is 10.00 Å². The molecule has 1 fully saturated rings. The van der Waals surface area contributed by atoms with Gasteiger partial charge in [-0.1, -0.05) is 12.1 Å². The smallest absolute Gasteiger partial charge is 0.145 e. The minimum Gasteiger partial charge on any atom is -0.383 e. The molecule has 1 N–H and O–H groups in total. The molecule has 1 aliphatic heterocycles. The monoisotopic (exact) mass is 291 g/mol. The summed E-state index contributed by atoms with van der Waals surface area (Å²) < 4.78 is 19.3. The molecule has 0 spiro atoms. The Labute approximate surface area is 125 Å². The Kier molecular flexibility index (Phi) is 6.12. The molecule has 0 aliphatic carbocycles. The molecule has 2 rings (SSSR count). The molecular weight excluding hydrogens is 269 g/mol. The summed E-state index contributed by atoms with van der Waals surface area (Å²) in [6.07, 6.45) is 2.35. The van der Waals surface area contributed by atoms with Crippen molar-refractivity contribution in [2.24, 2.45) is 0 Å². The van der Waals surface area contributed by atoms with Crippen LogP contribution < -0.4 is 5.32 Å². The molecule has 0 aromatic heterocycles. The molecule has 114 valence electrons. The first-order chi connectivity index (χ1) is 10.2. The normalized spacial score (nSPS) is 18.1. The van der Waals surface area contributed by atoms with Gasteiger partial charge in [-0.15, -0.1) is 0 Å². The van der Waals surface area contributed by atoms with E-state index in [9.17, 15) is 4.39 Å². The van der Waals surface area contributed by atoms with Crippen molar-refractivity contribution in [1.29, 1.82) is 5.26 Å². The minimum absolute atomic E-state index is 0.109. The molecular formula is C16H22FN3O. The Balaban J connectivity index is 2.04. The van der Waals surface area contributed by atoms with Crippen LogP contribution in [0.3, 0.4) is 0 Å². The zero-order valence-electron chi connectivity index (χ0n) is 12.4. The number of nitrogens with one attached hydrogen (secondary N) is 1. The molecule has 1 aliphatic rings. The van der Waals surface area contributed by atoms with Crippen molar-refractivity contribution >= 4 is 0 Å². The van der Waals surface area contributed by atoms with Gasteiger partial charge in [0.25, 0.3) is 0 Å². The van der Waals surface area contributed by atoms with E-state index in [0.29, 0.717) is 24.8 Å². The van der Waals surface area contributed by atoms with Crippen LogP contribution in [0.5, 0.6) is 0 Å². The maximum absolute atomic E-state index is 14.2. The summed E-state index contributed by atoms with van der Waals surface area (Å²) in [7, 11) is 1.67. The third-order valence-electron chi connectivity index (χ3n) is 3.85. The third kappa shape index (κ3) is 4.50. The van der Waals surface area contributed by atoms with Gasteiger partial charge in [0.1, 0.15) is 11.9 Å². The number of halogens is 1. The van der Waals surface area contributed by atoms with Crippen molar-refractivity contribution < 1.29 is 9.13 Å². The van der Waals surface area contributed by atoms with Crippen LogP contribution >= 0.6 is 0 Å². The highest BCUT2D eigenvalue weighted by molar-refractivity contribution is 5.34. The predicted octanol–water partition coefficient (Wildman–Crippen LogP) is 1.90. The molecule has 5 heteroatoms. The summed E-state index contributed by atoms with van der Waals surface area (Å²) in [5.74, 6) is -0.401. The van der Waals surface area contributed by atoms with Crippen LogP contribution in [0.1, 0.15) is 24.0 Å². The summed E-state index contributed by atoms with van der Waals surface area (Å²) in [5.41, 5.74) is 0.682. The largest absolute Gasteiger partial charge is 0.383 e. The fourth-order valence-electron chi connectivity index (χ4n) is 2.71. The summed E-state index contributed by atoms with van der Waals surface area (Å²) in [6.45, 7) is 3.81. The highest BCUT2D eigenvalue weighted by Crippen LogP contribution is 2.16. The van der Waals surface area contributed by atoms with Gasteiger partial charge in [0, 0.05) is 38.3 Å². The van der Waals surface area contributed by atoms with Crippen molar-refractivity contribution in [3.63, 3.8) is 0 Å². The maximum atomic E-state index is 14.2. The number of hydrogen-bond acceptors (Lipinski definition) is 4. The second kappa shape index (κ2) is 8.08. The quantitative estimate of drug-likeness (QED) is 0.833. The molecule has 1 heterocycles. The van der Waals surface area contributed by atoms with Gasteiger partial charge in [0.05, 0.1) is 12.2 Å². The predicted molar refractivity (Wildman–Crippen MR) is 79.3 cm³/mol. The van der Waals surface area contributed by atoms with Crippen molar-refractivity contribution in [2.75, 3.05) is 33.4 Å². The Bertz CT molecular complexity index is 495. The van der Waals surface area contributed by atoms with Gasteiger partial charge in [-0.05, 0) is 25.5 Å². The molecule has 4 nitrogen and oxygen atoms in total. The van der Waals surface area contributed by atoms with E-state index in [1.165, 1.54) is 12.5 Å². The lowest BCUT2D eigenvalue weighted by Crippen LogP contribution is -2.39. The SMILES string of the molecule is COCCN(Cc1cccc(C#N)c1F)CC1CCCN1. The van der Waals surface area contributed by atoms with Crippen molar-refractivity contribution in [2.45, 2.75) is 25.4 Å². The molecule has 0 amide bonds. The summed E-state index contributed by atoms with van der Waals surface area (Å²) >= 11 is 0. The summed E-state index contributed by atoms with van der Waals surface area (Å²) in [5, 5.41) is 12.4. The van der Waals surface area contributed by atoms with Gasteiger partial charge < -0.3 is 10.1 Å². The number of methoxy groups -OCH3 is 1. The Morgan fingerprint density at radius 3 is 3.05 bits per heavy atom. The average molecular weight is 291 g/mol. The van der Waals surface area contributed by atoms with Crippen LogP contribution in [-0.4, -0.2) is 44.3 Å². The molecule has 0 radical (unpaired) electrons. The first kappa shape index (κ1) is 15.9. The van der Waals surface area contributed by atoms with E-state index in [2.05, 4.69) is 10.2 Å². The van der Waals surface area contributed by atoms with Crippen LogP contribution in [0.2, 0.25) is 0 Å². The molecule has 1 unspecified atom stereocenters. The van der Waals surface area contributed by atoms with Crippen LogP contribution in [0.25, 0.3) is 0 Å². The van der Waals surface area contributed by atoms with E-state index in [-0.39, 0.29) is 5.56 Å². The minimum atomic E-state index is -0.401. The molecule has 0 saturated carbocycles.